The molecule has 1 amide bonds. The zero-order valence-corrected chi connectivity index (χ0v) is 11.2. The van der Waals surface area contributed by atoms with Gasteiger partial charge in [-0.1, -0.05) is 15.9 Å². The first-order valence-corrected chi connectivity index (χ1v) is 6.40. The van der Waals surface area contributed by atoms with Gasteiger partial charge in [-0.15, -0.1) is 0 Å². The van der Waals surface area contributed by atoms with Gasteiger partial charge in [0.1, 0.15) is 17.2 Å². The number of hydrogen-bond donors (Lipinski definition) is 0. The van der Waals surface area contributed by atoms with Gasteiger partial charge in [-0.2, -0.15) is 0 Å². The summed E-state index contributed by atoms with van der Waals surface area (Å²) in [6.45, 7) is 1.77. The Bertz CT molecular complexity index is 436. The van der Waals surface area contributed by atoms with Gasteiger partial charge in [0.15, 0.2) is 0 Å². The average Bonchev–Trinajstić information content (AvgIpc) is 2.55. The summed E-state index contributed by atoms with van der Waals surface area (Å²) in [7, 11) is 0. The van der Waals surface area contributed by atoms with Crippen molar-refractivity contribution in [3.05, 3.63) is 33.8 Å². The van der Waals surface area contributed by atoms with Gasteiger partial charge in [0.25, 0.3) is 5.91 Å². The van der Waals surface area contributed by atoms with Crippen LogP contribution in [0.5, 0.6) is 0 Å². The molecule has 6 heteroatoms. The fourth-order valence-electron chi connectivity index (χ4n) is 1.85. The molecule has 0 saturated carbocycles. The molecule has 3 nitrogen and oxygen atoms in total. The Morgan fingerprint density at radius 2 is 1.89 bits per heavy atom. The summed E-state index contributed by atoms with van der Waals surface area (Å²) in [5.41, 5.74) is -0.500. The second kappa shape index (κ2) is 5.75. The minimum absolute atomic E-state index is 0.272. The van der Waals surface area contributed by atoms with Crippen LogP contribution in [0.3, 0.4) is 0 Å². The Labute approximate surface area is 112 Å². The zero-order valence-electron chi connectivity index (χ0n) is 9.59. The van der Waals surface area contributed by atoms with Crippen molar-refractivity contribution in [2.24, 2.45) is 0 Å². The maximum Gasteiger partial charge on any atom is 0.259 e. The Kier molecular flexibility index (Phi) is 4.29. The van der Waals surface area contributed by atoms with Crippen molar-refractivity contribution in [3.63, 3.8) is 0 Å². The van der Waals surface area contributed by atoms with Crippen LogP contribution < -0.4 is 0 Å². The lowest BCUT2D eigenvalue weighted by molar-refractivity contribution is 0.0731. The van der Waals surface area contributed by atoms with E-state index >= 15 is 0 Å². The predicted molar refractivity (Wildman–Crippen MR) is 65.4 cm³/mol. The molecular weight excluding hydrogens is 308 g/mol. The van der Waals surface area contributed by atoms with E-state index in [1.54, 1.807) is 0 Å². The lowest BCUT2D eigenvalue weighted by Gasteiger charge is -2.20. The monoisotopic (exact) mass is 319 g/mol. The lowest BCUT2D eigenvalue weighted by Crippen LogP contribution is -2.34. The normalized spacial score (nSPS) is 16.5. The number of carbonyl (C=O) groups excluding carboxylic acids is 1. The van der Waals surface area contributed by atoms with E-state index in [9.17, 15) is 13.6 Å². The number of rotatable bonds is 1. The third-order valence-electron chi connectivity index (χ3n) is 2.73. The van der Waals surface area contributed by atoms with Crippen molar-refractivity contribution in [2.75, 3.05) is 26.3 Å². The molecule has 0 aromatic heterocycles. The van der Waals surface area contributed by atoms with Crippen LogP contribution in [0, 0.1) is 11.6 Å². The van der Waals surface area contributed by atoms with Gasteiger partial charge >= 0.3 is 0 Å². The second-order valence-electron chi connectivity index (χ2n) is 4.00. The fourth-order valence-corrected chi connectivity index (χ4v) is 2.26. The minimum Gasteiger partial charge on any atom is -0.380 e. The molecule has 1 saturated heterocycles. The van der Waals surface area contributed by atoms with Gasteiger partial charge in [-0.3, -0.25) is 4.79 Å². The maximum absolute atomic E-state index is 13.7. The molecule has 0 unspecified atom stereocenters. The predicted octanol–water partition coefficient (Wildman–Crippen LogP) is 2.59. The van der Waals surface area contributed by atoms with E-state index in [1.807, 2.05) is 0 Å². The van der Waals surface area contributed by atoms with Gasteiger partial charge in [-0.05, 0) is 18.6 Å². The minimum atomic E-state index is -0.850. The van der Waals surface area contributed by atoms with Crippen LogP contribution in [0.25, 0.3) is 0 Å². The van der Waals surface area contributed by atoms with Crippen LogP contribution in [0.4, 0.5) is 8.78 Å². The quantitative estimate of drug-likeness (QED) is 0.796. The first kappa shape index (κ1) is 13.4. The number of benzene rings is 1. The van der Waals surface area contributed by atoms with E-state index in [4.69, 9.17) is 4.74 Å². The summed E-state index contributed by atoms with van der Waals surface area (Å²) in [5.74, 6) is -2.32. The molecule has 0 N–H and O–H groups in total. The first-order chi connectivity index (χ1) is 8.59. The van der Waals surface area contributed by atoms with Gasteiger partial charge in [-0.25, -0.2) is 8.78 Å². The van der Waals surface area contributed by atoms with Crippen LogP contribution in [-0.2, 0) is 4.74 Å². The summed E-state index contributed by atoms with van der Waals surface area (Å²) in [5, 5.41) is 0. The van der Waals surface area contributed by atoms with E-state index in [0.29, 0.717) is 32.7 Å². The number of nitrogens with zero attached hydrogens (tertiary/aromatic N) is 1. The van der Waals surface area contributed by atoms with Crippen LogP contribution in [0.15, 0.2) is 16.6 Å². The lowest BCUT2D eigenvalue weighted by atomic mass is 10.1. The van der Waals surface area contributed by atoms with Crippen LogP contribution in [0.2, 0.25) is 0 Å². The molecule has 1 aliphatic rings. The third kappa shape index (κ3) is 2.87. The number of amides is 1. The number of carbonyl (C=O) groups is 1. The van der Waals surface area contributed by atoms with Crippen LogP contribution >= 0.6 is 15.9 Å². The molecule has 2 rings (SSSR count). The van der Waals surface area contributed by atoms with Crippen molar-refractivity contribution < 1.29 is 18.3 Å². The Morgan fingerprint density at radius 1 is 1.22 bits per heavy atom. The largest absolute Gasteiger partial charge is 0.380 e. The molecule has 0 bridgehead atoms. The van der Waals surface area contributed by atoms with Crippen molar-refractivity contribution in [1.82, 2.24) is 4.90 Å². The summed E-state index contributed by atoms with van der Waals surface area (Å²) in [6, 6.07) is 2.18. The topological polar surface area (TPSA) is 29.5 Å². The summed E-state index contributed by atoms with van der Waals surface area (Å²) in [6.07, 6.45) is 0.672. The maximum atomic E-state index is 13.7. The third-order valence-corrected chi connectivity index (χ3v) is 3.19. The summed E-state index contributed by atoms with van der Waals surface area (Å²) >= 11 is 2.98. The zero-order chi connectivity index (χ0) is 13.1. The fraction of sp³-hybridized carbons (Fsp3) is 0.417. The molecule has 0 radical (unpaired) electrons. The van der Waals surface area contributed by atoms with Crippen LogP contribution in [0.1, 0.15) is 16.8 Å². The standard InChI is InChI=1S/C12H12BrF2NO2/c13-8-6-9(14)11(10(15)7-8)12(17)16-2-1-4-18-5-3-16/h6-7H,1-5H2. The molecule has 1 fully saturated rings. The second-order valence-corrected chi connectivity index (χ2v) is 4.92. The van der Waals surface area contributed by atoms with E-state index in [2.05, 4.69) is 15.9 Å². The summed E-state index contributed by atoms with van der Waals surface area (Å²) in [4.78, 5) is 13.5. The van der Waals surface area contributed by atoms with Crippen molar-refractivity contribution in [1.29, 1.82) is 0 Å². The van der Waals surface area contributed by atoms with Gasteiger partial charge < -0.3 is 9.64 Å². The van der Waals surface area contributed by atoms with Gasteiger partial charge in [0.05, 0.1) is 6.61 Å². The molecule has 1 aromatic rings. The van der Waals surface area contributed by atoms with Crippen LogP contribution in [-0.4, -0.2) is 37.1 Å². The van der Waals surface area contributed by atoms with E-state index < -0.39 is 23.1 Å². The molecular formula is C12H12BrF2NO2. The smallest absolute Gasteiger partial charge is 0.259 e. The van der Waals surface area contributed by atoms with Crippen molar-refractivity contribution >= 4 is 21.8 Å². The number of hydrogen-bond acceptors (Lipinski definition) is 2. The first-order valence-electron chi connectivity index (χ1n) is 5.61. The van der Waals surface area contributed by atoms with Crippen molar-refractivity contribution in [3.8, 4) is 0 Å². The van der Waals surface area contributed by atoms with E-state index in [0.717, 1.165) is 12.1 Å². The number of halogens is 3. The SMILES string of the molecule is O=C(c1c(F)cc(Br)cc1F)N1CCCOCC1. The highest BCUT2D eigenvalue weighted by molar-refractivity contribution is 9.10. The highest BCUT2D eigenvalue weighted by Crippen LogP contribution is 2.21. The van der Waals surface area contributed by atoms with Gasteiger partial charge in [0, 0.05) is 24.2 Å². The highest BCUT2D eigenvalue weighted by atomic mass is 79.9. The van der Waals surface area contributed by atoms with E-state index in [-0.39, 0.29) is 4.47 Å². The molecule has 0 spiro atoms. The van der Waals surface area contributed by atoms with Crippen molar-refractivity contribution in [2.45, 2.75) is 6.42 Å². The molecule has 18 heavy (non-hydrogen) atoms. The Balaban J connectivity index is 2.27. The molecule has 0 aliphatic carbocycles. The number of ether oxygens (including phenoxy) is 1. The average molecular weight is 320 g/mol. The van der Waals surface area contributed by atoms with E-state index in [1.165, 1.54) is 4.90 Å². The molecule has 98 valence electrons. The Hall–Kier alpha value is -1.01. The van der Waals surface area contributed by atoms with Gasteiger partial charge in [0.2, 0.25) is 0 Å². The summed E-state index contributed by atoms with van der Waals surface area (Å²) < 4.78 is 32.8. The molecule has 1 heterocycles. The molecule has 1 aliphatic heterocycles. The molecule has 1 aromatic carbocycles. The Morgan fingerprint density at radius 3 is 2.56 bits per heavy atom. The molecule has 0 atom stereocenters. The highest BCUT2D eigenvalue weighted by Gasteiger charge is 2.24.